The van der Waals surface area contributed by atoms with Crippen LogP contribution in [0.15, 0.2) is 16.9 Å². The molecular formula is C14H20N4OS. The fourth-order valence-corrected chi connectivity index (χ4v) is 2.40. The van der Waals surface area contributed by atoms with Gasteiger partial charge in [0.25, 0.3) is 5.56 Å². The second-order valence-electron chi connectivity index (χ2n) is 5.77. The Balaban J connectivity index is 0.000000121. The van der Waals surface area contributed by atoms with Crippen LogP contribution in [-0.2, 0) is 14.1 Å². The fraction of sp³-hybridized carbons (Fsp3) is 0.571. The van der Waals surface area contributed by atoms with Crippen LogP contribution in [0.3, 0.4) is 0 Å². The van der Waals surface area contributed by atoms with Crippen LogP contribution in [0.4, 0.5) is 0 Å². The van der Waals surface area contributed by atoms with Crippen molar-refractivity contribution in [3.63, 3.8) is 0 Å². The third-order valence-electron chi connectivity index (χ3n) is 3.85. The second-order valence-corrected chi connectivity index (χ2v) is 6.18. The Bertz CT molecular complexity index is 650. The lowest BCUT2D eigenvalue weighted by molar-refractivity contribution is 0.721. The van der Waals surface area contributed by atoms with Gasteiger partial charge in [0, 0.05) is 43.4 Å². The summed E-state index contributed by atoms with van der Waals surface area (Å²) in [5, 5.41) is 6.23. The molecule has 0 radical (unpaired) electrons. The molecule has 0 saturated heterocycles. The fourth-order valence-electron chi connectivity index (χ4n) is 2.23. The van der Waals surface area contributed by atoms with E-state index in [1.807, 2.05) is 11.7 Å². The molecule has 0 aromatic carbocycles. The van der Waals surface area contributed by atoms with Crippen LogP contribution in [0.2, 0.25) is 0 Å². The molecule has 2 saturated carbocycles. The standard InChI is InChI=1S/C7H10N2O.C7H10N2S/c2*1-9-7(10)4-6(8-9)5-2-3-5/h2*4-5,8H,2-3H2,1H3. The van der Waals surface area contributed by atoms with Crippen molar-refractivity contribution in [2.24, 2.45) is 14.1 Å². The largest absolute Gasteiger partial charge is 0.302 e. The predicted molar refractivity (Wildman–Crippen MR) is 80.6 cm³/mol. The molecule has 2 fully saturated rings. The topological polar surface area (TPSA) is 58.5 Å². The number of hydrogen-bond acceptors (Lipinski definition) is 2. The molecule has 0 atom stereocenters. The molecule has 4 rings (SSSR count). The van der Waals surface area contributed by atoms with Gasteiger partial charge in [-0.05, 0) is 31.7 Å². The van der Waals surface area contributed by atoms with Crippen LogP contribution in [0.25, 0.3) is 0 Å². The van der Waals surface area contributed by atoms with E-state index in [4.69, 9.17) is 12.2 Å². The van der Waals surface area contributed by atoms with Crippen molar-refractivity contribution in [1.29, 1.82) is 0 Å². The van der Waals surface area contributed by atoms with Crippen molar-refractivity contribution in [2.45, 2.75) is 37.5 Å². The lowest BCUT2D eigenvalue weighted by atomic mass is 10.3. The minimum atomic E-state index is 0.0712. The molecule has 108 valence electrons. The molecule has 6 heteroatoms. The first kappa shape index (κ1) is 13.4. The number of H-pyrrole nitrogens is 2. The number of hydrogen-bond donors (Lipinski definition) is 2. The van der Waals surface area contributed by atoms with Gasteiger partial charge in [-0.2, -0.15) is 0 Å². The van der Waals surface area contributed by atoms with Crippen molar-refractivity contribution in [3.05, 3.63) is 38.5 Å². The summed E-state index contributed by atoms with van der Waals surface area (Å²) in [4.78, 5) is 10.9. The van der Waals surface area contributed by atoms with Crippen LogP contribution in [0, 0.1) is 4.64 Å². The molecule has 0 aliphatic heterocycles. The van der Waals surface area contributed by atoms with E-state index in [0.29, 0.717) is 5.92 Å². The van der Waals surface area contributed by atoms with Gasteiger partial charge in [-0.3, -0.25) is 19.3 Å². The first-order chi connectivity index (χ1) is 9.54. The summed E-state index contributed by atoms with van der Waals surface area (Å²) >= 11 is 5.05. The Morgan fingerprint density at radius 3 is 1.85 bits per heavy atom. The highest BCUT2D eigenvalue weighted by Crippen LogP contribution is 2.39. The van der Waals surface area contributed by atoms with Gasteiger partial charge in [-0.25, -0.2) is 0 Å². The van der Waals surface area contributed by atoms with Crippen molar-refractivity contribution >= 4 is 12.2 Å². The van der Waals surface area contributed by atoms with E-state index in [9.17, 15) is 4.79 Å². The van der Waals surface area contributed by atoms with Crippen LogP contribution < -0.4 is 5.56 Å². The summed E-state index contributed by atoms with van der Waals surface area (Å²) in [6, 6.07) is 3.75. The van der Waals surface area contributed by atoms with E-state index in [2.05, 4.69) is 16.3 Å². The number of aromatic amines is 2. The average Bonchev–Trinajstić information content (AvgIpc) is 3.31. The number of nitrogens with one attached hydrogen (secondary N) is 2. The maximum absolute atomic E-state index is 10.9. The van der Waals surface area contributed by atoms with Crippen molar-refractivity contribution < 1.29 is 0 Å². The van der Waals surface area contributed by atoms with E-state index in [1.165, 1.54) is 36.1 Å². The molecular weight excluding hydrogens is 272 g/mol. The number of rotatable bonds is 2. The third kappa shape index (κ3) is 2.95. The molecule has 2 heterocycles. The molecule has 0 spiro atoms. The van der Waals surface area contributed by atoms with Gasteiger partial charge >= 0.3 is 0 Å². The summed E-state index contributed by atoms with van der Waals surface area (Å²) in [5.74, 6) is 1.43. The Labute approximate surface area is 122 Å². The Morgan fingerprint density at radius 1 is 1.00 bits per heavy atom. The van der Waals surface area contributed by atoms with Gasteiger partial charge in [-0.15, -0.1) is 0 Å². The third-order valence-corrected chi connectivity index (χ3v) is 4.24. The van der Waals surface area contributed by atoms with Crippen LogP contribution >= 0.6 is 12.2 Å². The molecule has 2 aromatic rings. The maximum Gasteiger partial charge on any atom is 0.266 e. The predicted octanol–water partition coefficient (Wildman–Crippen LogP) is 2.55. The summed E-state index contributed by atoms with van der Waals surface area (Å²) in [6.45, 7) is 0. The molecule has 2 aliphatic rings. The summed E-state index contributed by atoms with van der Waals surface area (Å²) < 4.78 is 4.32. The van der Waals surface area contributed by atoms with Crippen molar-refractivity contribution in [3.8, 4) is 0 Å². The molecule has 5 nitrogen and oxygen atoms in total. The molecule has 0 bridgehead atoms. The Morgan fingerprint density at radius 2 is 1.50 bits per heavy atom. The van der Waals surface area contributed by atoms with E-state index in [-0.39, 0.29) is 5.56 Å². The summed E-state index contributed by atoms with van der Waals surface area (Å²) in [7, 11) is 3.70. The van der Waals surface area contributed by atoms with Gasteiger partial charge in [0.15, 0.2) is 0 Å². The maximum atomic E-state index is 10.9. The van der Waals surface area contributed by atoms with Crippen molar-refractivity contribution in [2.75, 3.05) is 0 Å². The SMILES string of the molecule is Cn1[nH]c(C2CC2)cc1=O.Cn1[nH]c(C2CC2)cc1=S. The highest BCUT2D eigenvalue weighted by molar-refractivity contribution is 7.71. The highest BCUT2D eigenvalue weighted by atomic mass is 32.1. The van der Waals surface area contributed by atoms with E-state index in [0.717, 1.165) is 16.3 Å². The number of nitrogens with zero attached hydrogens (tertiary/aromatic N) is 2. The van der Waals surface area contributed by atoms with Gasteiger partial charge in [-0.1, -0.05) is 12.2 Å². The van der Waals surface area contributed by atoms with Crippen LogP contribution in [-0.4, -0.2) is 19.6 Å². The van der Waals surface area contributed by atoms with E-state index in [1.54, 1.807) is 13.1 Å². The number of aryl methyl sites for hydroxylation is 2. The molecule has 0 amide bonds. The Hall–Kier alpha value is -1.56. The first-order valence-corrected chi connectivity index (χ1v) is 7.47. The summed E-state index contributed by atoms with van der Waals surface area (Å²) in [6.07, 6.45) is 5.13. The molecule has 20 heavy (non-hydrogen) atoms. The first-order valence-electron chi connectivity index (χ1n) is 7.06. The normalized spacial score (nSPS) is 17.7. The minimum absolute atomic E-state index is 0.0712. The molecule has 2 aromatic heterocycles. The quantitative estimate of drug-likeness (QED) is 0.836. The zero-order valence-electron chi connectivity index (χ0n) is 11.8. The number of aromatic nitrogens is 4. The van der Waals surface area contributed by atoms with Crippen LogP contribution in [0.1, 0.15) is 48.9 Å². The second kappa shape index (κ2) is 5.09. The lowest BCUT2D eigenvalue weighted by Crippen LogP contribution is -2.09. The van der Waals surface area contributed by atoms with Gasteiger partial charge in [0.1, 0.15) is 4.64 Å². The molecule has 0 unspecified atom stereocenters. The van der Waals surface area contributed by atoms with Crippen LogP contribution in [0.5, 0.6) is 0 Å². The average molecular weight is 292 g/mol. The summed E-state index contributed by atoms with van der Waals surface area (Å²) in [5.41, 5.74) is 2.49. The van der Waals surface area contributed by atoms with Gasteiger partial charge < -0.3 is 5.10 Å². The lowest BCUT2D eigenvalue weighted by Gasteiger charge is -1.89. The van der Waals surface area contributed by atoms with Gasteiger partial charge in [0.2, 0.25) is 0 Å². The van der Waals surface area contributed by atoms with E-state index < -0.39 is 0 Å². The molecule has 2 aliphatic carbocycles. The molecule has 2 N–H and O–H groups in total. The smallest absolute Gasteiger partial charge is 0.266 e. The zero-order chi connectivity index (χ0) is 14.3. The zero-order valence-corrected chi connectivity index (χ0v) is 12.7. The minimum Gasteiger partial charge on any atom is -0.302 e. The van der Waals surface area contributed by atoms with E-state index >= 15 is 0 Å². The van der Waals surface area contributed by atoms with Gasteiger partial charge in [0.05, 0.1) is 0 Å². The van der Waals surface area contributed by atoms with Crippen molar-refractivity contribution in [1.82, 2.24) is 19.6 Å². The Kier molecular flexibility index (Phi) is 3.41. The monoisotopic (exact) mass is 292 g/mol. The highest BCUT2D eigenvalue weighted by Gasteiger charge is 2.25.